The third kappa shape index (κ3) is 2.36. The minimum Gasteiger partial charge on any atom is -0.396 e. The van der Waals surface area contributed by atoms with Crippen molar-refractivity contribution < 1.29 is 13.6 Å². The Kier molecular flexibility index (Phi) is 3.23. The van der Waals surface area contributed by atoms with Gasteiger partial charge in [-0.1, -0.05) is 0 Å². The lowest BCUT2D eigenvalue weighted by molar-refractivity contribution is 0.0731. The number of hydrogen-bond donors (Lipinski definition) is 2. The van der Waals surface area contributed by atoms with Crippen LogP contribution in [0.5, 0.6) is 0 Å². The fourth-order valence-electron chi connectivity index (χ4n) is 1.77. The Morgan fingerprint density at radius 1 is 1.24 bits per heavy atom. The molecular formula is C11H13F2N3O. The Bertz CT molecular complexity index is 445. The van der Waals surface area contributed by atoms with Crippen LogP contribution in [0, 0.1) is 11.6 Å². The van der Waals surface area contributed by atoms with Gasteiger partial charge in [-0.2, -0.15) is 0 Å². The number of benzene rings is 1. The molecule has 6 heteroatoms. The van der Waals surface area contributed by atoms with E-state index < -0.39 is 17.5 Å². The number of hydrogen-bond acceptors (Lipinski definition) is 3. The molecule has 0 unspecified atom stereocenters. The molecule has 92 valence electrons. The molecule has 1 heterocycles. The Morgan fingerprint density at radius 3 is 2.53 bits per heavy atom. The summed E-state index contributed by atoms with van der Waals surface area (Å²) in [5, 5.41) is 3.08. The van der Waals surface area contributed by atoms with Gasteiger partial charge in [-0.05, 0) is 6.07 Å². The van der Waals surface area contributed by atoms with Crippen LogP contribution in [0.3, 0.4) is 0 Å². The van der Waals surface area contributed by atoms with E-state index >= 15 is 0 Å². The highest BCUT2D eigenvalue weighted by atomic mass is 19.1. The van der Waals surface area contributed by atoms with Gasteiger partial charge >= 0.3 is 0 Å². The zero-order valence-corrected chi connectivity index (χ0v) is 9.17. The summed E-state index contributed by atoms with van der Waals surface area (Å²) < 4.78 is 26.4. The summed E-state index contributed by atoms with van der Waals surface area (Å²) >= 11 is 0. The van der Waals surface area contributed by atoms with Crippen molar-refractivity contribution in [1.82, 2.24) is 10.2 Å². The minimum atomic E-state index is -0.875. The van der Waals surface area contributed by atoms with E-state index in [0.29, 0.717) is 32.2 Å². The number of nitrogen functional groups attached to an aromatic ring is 1. The predicted molar refractivity (Wildman–Crippen MR) is 59.5 cm³/mol. The first-order chi connectivity index (χ1) is 8.09. The zero-order valence-electron chi connectivity index (χ0n) is 9.17. The molecule has 0 saturated carbocycles. The van der Waals surface area contributed by atoms with Crippen LogP contribution < -0.4 is 11.1 Å². The maximum atomic E-state index is 13.5. The molecule has 0 radical (unpaired) electrons. The molecule has 17 heavy (non-hydrogen) atoms. The number of amides is 1. The van der Waals surface area contributed by atoms with Crippen molar-refractivity contribution in [2.24, 2.45) is 0 Å². The summed E-state index contributed by atoms with van der Waals surface area (Å²) in [6, 6.07) is 1.69. The van der Waals surface area contributed by atoms with Gasteiger partial charge in [0.05, 0.1) is 11.3 Å². The first-order valence-electron chi connectivity index (χ1n) is 5.34. The van der Waals surface area contributed by atoms with Crippen molar-refractivity contribution in [2.75, 3.05) is 31.9 Å². The first kappa shape index (κ1) is 11.8. The van der Waals surface area contributed by atoms with Crippen molar-refractivity contribution >= 4 is 11.6 Å². The molecule has 0 aliphatic carbocycles. The smallest absolute Gasteiger partial charge is 0.256 e. The van der Waals surface area contributed by atoms with Crippen LogP contribution >= 0.6 is 0 Å². The van der Waals surface area contributed by atoms with E-state index in [9.17, 15) is 13.6 Å². The molecule has 2 rings (SSSR count). The fraction of sp³-hybridized carbons (Fsp3) is 0.364. The van der Waals surface area contributed by atoms with Gasteiger partial charge in [0, 0.05) is 32.2 Å². The van der Waals surface area contributed by atoms with Gasteiger partial charge in [0.25, 0.3) is 5.91 Å². The molecule has 0 bridgehead atoms. The van der Waals surface area contributed by atoms with Gasteiger partial charge in [-0.15, -0.1) is 0 Å². The lowest BCUT2D eigenvalue weighted by Crippen LogP contribution is -2.46. The predicted octanol–water partition coefficient (Wildman–Crippen LogP) is 0.592. The normalized spacial score (nSPS) is 16.0. The molecule has 0 spiro atoms. The van der Waals surface area contributed by atoms with E-state index in [-0.39, 0.29) is 11.3 Å². The maximum absolute atomic E-state index is 13.5. The molecule has 1 aromatic rings. The summed E-state index contributed by atoms with van der Waals surface area (Å²) in [7, 11) is 0. The molecule has 1 saturated heterocycles. The van der Waals surface area contributed by atoms with Crippen LogP contribution in [0.4, 0.5) is 14.5 Å². The highest BCUT2D eigenvalue weighted by molar-refractivity contribution is 5.95. The van der Waals surface area contributed by atoms with Gasteiger partial charge < -0.3 is 16.0 Å². The molecule has 0 aromatic heterocycles. The standard InChI is InChI=1S/C11H13F2N3O/c12-8-6-9(13)10(14)5-7(8)11(17)16-3-1-15-2-4-16/h5-6,15H,1-4,14H2. The van der Waals surface area contributed by atoms with Crippen molar-refractivity contribution in [3.63, 3.8) is 0 Å². The maximum Gasteiger partial charge on any atom is 0.256 e. The van der Waals surface area contributed by atoms with Crippen LogP contribution in [0.15, 0.2) is 12.1 Å². The number of anilines is 1. The van der Waals surface area contributed by atoms with Crippen molar-refractivity contribution in [1.29, 1.82) is 0 Å². The largest absolute Gasteiger partial charge is 0.396 e. The molecule has 1 aromatic carbocycles. The molecule has 1 aliphatic rings. The van der Waals surface area contributed by atoms with Crippen LogP contribution in [0.2, 0.25) is 0 Å². The van der Waals surface area contributed by atoms with E-state index in [1.54, 1.807) is 0 Å². The monoisotopic (exact) mass is 241 g/mol. The molecule has 4 nitrogen and oxygen atoms in total. The second-order valence-electron chi connectivity index (χ2n) is 3.90. The van der Waals surface area contributed by atoms with E-state index in [1.165, 1.54) is 4.90 Å². The summed E-state index contributed by atoms with van der Waals surface area (Å²) in [5.74, 6) is -2.17. The second kappa shape index (κ2) is 4.67. The van der Waals surface area contributed by atoms with Gasteiger partial charge in [-0.25, -0.2) is 8.78 Å². The molecular weight excluding hydrogens is 228 g/mol. The van der Waals surface area contributed by atoms with Crippen LogP contribution in [0.1, 0.15) is 10.4 Å². The summed E-state index contributed by atoms with van der Waals surface area (Å²) in [5.41, 5.74) is 4.94. The second-order valence-corrected chi connectivity index (χ2v) is 3.90. The minimum absolute atomic E-state index is 0.175. The van der Waals surface area contributed by atoms with E-state index in [1.807, 2.05) is 0 Å². The number of carbonyl (C=O) groups excluding carboxylic acids is 1. The zero-order chi connectivity index (χ0) is 12.4. The number of nitrogens with two attached hydrogens (primary N) is 1. The quantitative estimate of drug-likeness (QED) is 0.708. The van der Waals surface area contributed by atoms with Gasteiger partial charge in [0.1, 0.15) is 11.6 Å². The van der Waals surface area contributed by atoms with Crippen molar-refractivity contribution in [3.05, 3.63) is 29.3 Å². The van der Waals surface area contributed by atoms with E-state index in [0.717, 1.165) is 6.07 Å². The van der Waals surface area contributed by atoms with Gasteiger partial charge in [0.15, 0.2) is 0 Å². The molecule has 1 amide bonds. The number of carbonyl (C=O) groups is 1. The van der Waals surface area contributed by atoms with Crippen molar-refractivity contribution in [3.8, 4) is 0 Å². The molecule has 1 aliphatic heterocycles. The summed E-state index contributed by atoms with van der Waals surface area (Å²) in [4.78, 5) is 13.5. The van der Waals surface area contributed by atoms with Gasteiger partial charge in [0.2, 0.25) is 0 Å². The Labute approximate surface area is 97.4 Å². The average Bonchev–Trinajstić information content (AvgIpc) is 2.34. The van der Waals surface area contributed by atoms with E-state index in [2.05, 4.69) is 5.32 Å². The number of rotatable bonds is 1. The SMILES string of the molecule is Nc1cc(C(=O)N2CCNCC2)c(F)cc1F. The van der Waals surface area contributed by atoms with Gasteiger partial charge in [-0.3, -0.25) is 4.79 Å². The number of piperazine rings is 1. The van der Waals surface area contributed by atoms with Crippen LogP contribution in [0.25, 0.3) is 0 Å². The third-order valence-electron chi connectivity index (χ3n) is 2.72. The highest BCUT2D eigenvalue weighted by Crippen LogP contribution is 2.18. The Morgan fingerprint density at radius 2 is 1.88 bits per heavy atom. The Balaban J connectivity index is 2.26. The van der Waals surface area contributed by atoms with E-state index in [4.69, 9.17) is 5.73 Å². The highest BCUT2D eigenvalue weighted by Gasteiger charge is 2.22. The third-order valence-corrected chi connectivity index (χ3v) is 2.72. The molecule has 0 atom stereocenters. The molecule has 1 fully saturated rings. The molecule has 3 N–H and O–H groups in total. The average molecular weight is 241 g/mol. The summed E-state index contributed by atoms with van der Waals surface area (Å²) in [6.45, 7) is 2.36. The lowest BCUT2D eigenvalue weighted by Gasteiger charge is -2.27. The van der Waals surface area contributed by atoms with Crippen molar-refractivity contribution in [2.45, 2.75) is 0 Å². The van der Waals surface area contributed by atoms with Crippen LogP contribution in [-0.2, 0) is 0 Å². The first-order valence-corrected chi connectivity index (χ1v) is 5.34. The lowest BCUT2D eigenvalue weighted by atomic mass is 10.1. The number of halogens is 2. The number of nitrogens with one attached hydrogen (secondary N) is 1. The topological polar surface area (TPSA) is 58.4 Å². The summed E-state index contributed by atoms with van der Waals surface area (Å²) in [6.07, 6.45) is 0. The number of nitrogens with zero attached hydrogens (tertiary/aromatic N) is 1. The fourth-order valence-corrected chi connectivity index (χ4v) is 1.77. The van der Waals surface area contributed by atoms with Crippen LogP contribution in [-0.4, -0.2) is 37.0 Å². The Hall–Kier alpha value is -1.69.